The number of benzene rings is 1. The molecule has 3 rings (SSSR count). The van der Waals surface area contributed by atoms with Crippen molar-refractivity contribution in [2.45, 2.75) is 26.7 Å². The molecule has 15 heavy (non-hydrogen) atoms. The molecule has 2 aromatic heterocycles. The van der Waals surface area contributed by atoms with Gasteiger partial charge in [0.2, 0.25) is 0 Å². The SMILES string of the molecule is CCCc1c(C)c2cccc3ccn1c32. The molecule has 76 valence electrons. The number of hydrogen-bond acceptors (Lipinski definition) is 0. The Balaban J connectivity index is 2.48. The van der Waals surface area contributed by atoms with Crippen molar-refractivity contribution >= 4 is 16.3 Å². The summed E-state index contributed by atoms with van der Waals surface area (Å²) in [6, 6.07) is 8.79. The second-order valence-electron chi connectivity index (χ2n) is 4.25. The highest BCUT2D eigenvalue weighted by Gasteiger charge is 2.12. The third kappa shape index (κ3) is 1.03. The van der Waals surface area contributed by atoms with E-state index in [9.17, 15) is 0 Å². The van der Waals surface area contributed by atoms with Crippen molar-refractivity contribution in [2.24, 2.45) is 0 Å². The Morgan fingerprint density at radius 2 is 2.07 bits per heavy atom. The van der Waals surface area contributed by atoms with Gasteiger partial charge in [0.1, 0.15) is 0 Å². The van der Waals surface area contributed by atoms with Crippen LogP contribution in [0.1, 0.15) is 24.6 Å². The Bertz CT molecular complexity index is 604. The maximum absolute atomic E-state index is 2.36. The predicted molar refractivity (Wildman–Crippen MR) is 64.8 cm³/mol. The van der Waals surface area contributed by atoms with Crippen LogP contribution in [0.3, 0.4) is 0 Å². The summed E-state index contributed by atoms with van der Waals surface area (Å²) < 4.78 is 2.36. The molecule has 0 saturated heterocycles. The number of para-hydroxylation sites is 1. The molecule has 0 amide bonds. The molecular weight excluding hydrogens is 182 g/mol. The molecule has 2 heterocycles. The maximum atomic E-state index is 2.36. The lowest BCUT2D eigenvalue weighted by Crippen LogP contribution is -1.90. The van der Waals surface area contributed by atoms with E-state index in [1.54, 1.807) is 0 Å². The van der Waals surface area contributed by atoms with Crippen molar-refractivity contribution in [1.82, 2.24) is 4.40 Å². The van der Waals surface area contributed by atoms with Crippen LogP contribution in [0.5, 0.6) is 0 Å². The average Bonchev–Trinajstić information content (AvgIpc) is 2.78. The van der Waals surface area contributed by atoms with Gasteiger partial charge < -0.3 is 4.40 Å². The Morgan fingerprint density at radius 1 is 1.20 bits per heavy atom. The van der Waals surface area contributed by atoms with Gasteiger partial charge in [-0.05, 0) is 25.0 Å². The molecule has 0 bridgehead atoms. The normalized spacial score (nSPS) is 11.9. The number of nitrogens with zero attached hydrogens (tertiary/aromatic N) is 1. The first kappa shape index (κ1) is 8.78. The summed E-state index contributed by atoms with van der Waals surface area (Å²) in [7, 11) is 0. The van der Waals surface area contributed by atoms with Gasteiger partial charge in [0.25, 0.3) is 0 Å². The summed E-state index contributed by atoms with van der Waals surface area (Å²) in [4.78, 5) is 0. The molecule has 1 aromatic carbocycles. The molecule has 0 radical (unpaired) electrons. The zero-order valence-electron chi connectivity index (χ0n) is 9.25. The van der Waals surface area contributed by atoms with E-state index in [1.807, 2.05) is 0 Å². The van der Waals surface area contributed by atoms with Crippen LogP contribution in [0.2, 0.25) is 0 Å². The van der Waals surface area contributed by atoms with Crippen LogP contribution in [-0.4, -0.2) is 4.40 Å². The second kappa shape index (κ2) is 2.99. The molecule has 0 aliphatic rings. The van der Waals surface area contributed by atoms with Crippen LogP contribution >= 0.6 is 0 Å². The van der Waals surface area contributed by atoms with E-state index < -0.39 is 0 Å². The summed E-state index contributed by atoms with van der Waals surface area (Å²) >= 11 is 0. The Kier molecular flexibility index (Phi) is 1.75. The maximum Gasteiger partial charge on any atom is 0.0600 e. The molecule has 0 aliphatic heterocycles. The van der Waals surface area contributed by atoms with Crippen molar-refractivity contribution in [1.29, 1.82) is 0 Å². The molecule has 0 fully saturated rings. The highest BCUT2D eigenvalue weighted by Crippen LogP contribution is 2.30. The zero-order chi connectivity index (χ0) is 10.4. The Hall–Kier alpha value is -1.50. The fraction of sp³-hybridized carbons (Fsp3) is 0.286. The molecule has 1 heteroatoms. The van der Waals surface area contributed by atoms with Crippen molar-refractivity contribution in [3.05, 3.63) is 41.7 Å². The molecule has 0 atom stereocenters. The van der Waals surface area contributed by atoms with E-state index >= 15 is 0 Å². The number of aromatic nitrogens is 1. The molecule has 1 nitrogen and oxygen atoms in total. The zero-order valence-corrected chi connectivity index (χ0v) is 9.25. The predicted octanol–water partition coefficient (Wildman–Crippen LogP) is 3.79. The van der Waals surface area contributed by atoms with Crippen LogP contribution in [0.4, 0.5) is 0 Å². The summed E-state index contributed by atoms with van der Waals surface area (Å²) in [6.07, 6.45) is 4.58. The smallest absolute Gasteiger partial charge is 0.0600 e. The largest absolute Gasteiger partial charge is 0.319 e. The number of rotatable bonds is 2. The molecule has 0 N–H and O–H groups in total. The van der Waals surface area contributed by atoms with Crippen molar-refractivity contribution in [2.75, 3.05) is 0 Å². The van der Waals surface area contributed by atoms with Crippen LogP contribution in [0.15, 0.2) is 30.5 Å². The van der Waals surface area contributed by atoms with E-state index in [2.05, 4.69) is 48.7 Å². The lowest BCUT2D eigenvalue weighted by Gasteiger charge is -1.98. The first-order valence-electron chi connectivity index (χ1n) is 5.63. The van der Waals surface area contributed by atoms with Crippen molar-refractivity contribution in [3.8, 4) is 0 Å². The van der Waals surface area contributed by atoms with E-state index in [0.29, 0.717) is 0 Å². The van der Waals surface area contributed by atoms with E-state index in [1.165, 1.54) is 40.4 Å². The van der Waals surface area contributed by atoms with Gasteiger partial charge in [0.15, 0.2) is 0 Å². The first-order valence-corrected chi connectivity index (χ1v) is 5.63. The fourth-order valence-electron chi connectivity index (χ4n) is 2.60. The van der Waals surface area contributed by atoms with Gasteiger partial charge in [-0.15, -0.1) is 0 Å². The van der Waals surface area contributed by atoms with Crippen LogP contribution in [0, 0.1) is 6.92 Å². The van der Waals surface area contributed by atoms with E-state index in [4.69, 9.17) is 0 Å². The minimum atomic E-state index is 1.17. The first-order chi connectivity index (χ1) is 7.33. The lowest BCUT2D eigenvalue weighted by atomic mass is 10.1. The summed E-state index contributed by atoms with van der Waals surface area (Å²) in [5.74, 6) is 0. The fourth-order valence-corrected chi connectivity index (χ4v) is 2.60. The molecule has 0 saturated carbocycles. The van der Waals surface area contributed by atoms with Gasteiger partial charge in [0.05, 0.1) is 5.52 Å². The average molecular weight is 197 g/mol. The monoisotopic (exact) mass is 197 g/mol. The number of aryl methyl sites for hydroxylation is 2. The van der Waals surface area contributed by atoms with Crippen molar-refractivity contribution < 1.29 is 0 Å². The summed E-state index contributed by atoms with van der Waals surface area (Å²) in [5.41, 5.74) is 4.34. The third-order valence-corrected chi connectivity index (χ3v) is 3.33. The van der Waals surface area contributed by atoms with Crippen LogP contribution < -0.4 is 0 Å². The standard InChI is InChI=1S/C14H15N/c1-3-5-13-10(2)12-7-4-6-11-8-9-15(13)14(11)12/h4,6-9H,3,5H2,1-2H3. The quantitative estimate of drug-likeness (QED) is 0.588. The lowest BCUT2D eigenvalue weighted by molar-refractivity contribution is 0.863. The molecule has 0 spiro atoms. The minimum absolute atomic E-state index is 1.17. The van der Waals surface area contributed by atoms with Crippen molar-refractivity contribution in [3.63, 3.8) is 0 Å². The minimum Gasteiger partial charge on any atom is -0.319 e. The van der Waals surface area contributed by atoms with E-state index in [0.717, 1.165) is 0 Å². The molecule has 3 aromatic rings. The third-order valence-electron chi connectivity index (χ3n) is 3.33. The molecule has 0 unspecified atom stereocenters. The van der Waals surface area contributed by atoms with Gasteiger partial charge in [-0.2, -0.15) is 0 Å². The molecular formula is C14H15N. The Labute approximate surface area is 89.7 Å². The van der Waals surface area contributed by atoms with Crippen LogP contribution in [0.25, 0.3) is 16.3 Å². The highest BCUT2D eigenvalue weighted by atomic mass is 14.9. The van der Waals surface area contributed by atoms with Gasteiger partial charge in [-0.25, -0.2) is 0 Å². The van der Waals surface area contributed by atoms with Gasteiger partial charge in [-0.3, -0.25) is 0 Å². The second-order valence-corrected chi connectivity index (χ2v) is 4.25. The van der Waals surface area contributed by atoms with Gasteiger partial charge >= 0.3 is 0 Å². The summed E-state index contributed by atoms with van der Waals surface area (Å²) in [6.45, 7) is 4.48. The van der Waals surface area contributed by atoms with Gasteiger partial charge in [0, 0.05) is 22.7 Å². The molecule has 0 aliphatic carbocycles. The highest BCUT2D eigenvalue weighted by molar-refractivity contribution is 5.99. The van der Waals surface area contributed by atoms with E-state index in [-0.39, 0.29) is 0 Å². The van der Waals surface area contributed by atoms with Gasteiger partial charge in [-0.1, -0.05) is 31.5 Å². The van der Waals surface area contributed by atoms with Crippen LogP contribution in [-0.2, 0) is 6.42 Å². The number of hydrogen-bond donors (Lipinski definition) is 0. The Morgan fingerprint density at radius 3 is 2.87 bits per heavy atom. The topological polar surface area (TPSA) is 4.41 Å². The summed E-state index contributed by atoms with van der Waals surface area (Å²) in [5, 5.41) is 2.78.